The van der Waals surface area contributed by atoms with Crippen LogP contribution in [0.3, 0.4) is 0 Å². The summed E-state index contributed by atoms with van der Waals surface area (Å²) in [6, 6.07) is 7.36. The Kier molecular flexibility index (Phi) is 7.21. The first-order chi connectivity index (χ1) is 11.6. The molecule has 0 radical (unpaired) electrons. The van der Waals surface area contributed by atoms with Crippen molar-refractivity contribution in [1.29, 1.82) is 0 Å². The van der Waals surface area contributed by atoms with Crippen LogP contribution in [0.15, 0.2) is 24.3 Å². The number of methoxy groups -OCH3 is 1. The molecule has 0 aliphatic carbocycles. The van der Waals surface area contributed by atoms with Gasteiger partial charge in [0.05, 0.1) is 6.61 Å². The van der Waals surface area contributed by atoms with Gasteiger partial charge in [-0.25, -0.2) is 0 Å². The molecule has 1 heterocycles. The Bertz CT molecular complexity index is 537. The molecule has 2 rings (SSSR count). The Morgan fingerprint density at radius 2 is 1.83 bits per heavy atom. The maximum absolute atomic E-state index is 11.9. The van der Waals surface area contributed by atoms with E-state index in [0.29, 0.717) is 18.2 Å². The van der Waals surface area contributed by atoms with Gasteiger partial charge < -0.3 is 20.3 Å². The van der Waals surface area contributed by atoms with E-state index >= 15 is 0 Å². The van der Waals surface area contributed by atoms with Crippen molar-refractivity contribution in [1.82, 2.24) is 10.2 Å². The predicted octanol–water partition coefficient (Wildman–Crippen LogP) is 1.41. The molecule has 132 valence electrons. The molecule has 0 bridgehead atoms. The van der Waals surface area contributed by atoms with Crippen molar-refractivity contribution in [3.05, 3.63) is 29.8 Å². The van der Waals surface area contributed by atoms with E-state index in [1.54, 1.807) is 19.2 Å². The summed E-state index contributed by atoms with van der Waals surface area (Å²) in [7, 11) is 1.71. The van der Waals surface area contributed by atoms with Gasteiger partial charge in [-0.3, -0.25) is 9.59 Å². The second-order valence-electron chi connectivity index (χ2n) is 6.31. The monoisotopic (exact) mass is 333 g/mol. The number of carbonyl (C=O) groups is 2. The average molecular weight is 333 g/mol. The first-order valence-electron chi connectivity index (χ1n) is 8.45. The third-order valence-electron chi connectivity index (χ3n) is 4.39. The number of nitrogens with one attached hydrogen (secondary N) is 2. The van der Waals surface area contributed by atoms with Crippen LogP contribution in [0.2, 0.25) is 0 Å². The highest BCUT2D eigenvalue weighted by molar-refractivity contribution is 6.39. The van der Waals surface area contributed by atoms with Crippen LogP contribution in [0.1, 0.15) is 18.4 Å². The van der Waals surface area contributed by atoms with Gasteiger partial charge in [-0.2, -0.15) is 0 Å². The predicted molar refractivity (Wildman–Crippen MR) is 93.9 cm³/mol. The number of amides is 2. The normalized spacial score (nSPS) is 15.9. The summed E-state index contributed by atoms with van der Waals surface area (Å²) in [5.74, 6) is -0.756. The van der Waals surface area contributed by atoms with Crippen molar-refractivity contribution < 1.29 is 14.3 Å². The van der Waals surface area contributed by atoms with Gasteiger partial charge in [-0.05, 0) is 50.9 Å². The highest BCUT2D eigenvalue weighted by Gasteiger charge is 2.21. The SMILES string of the molecule is COCCN1CCC(CNC(=O)C(=O)Nc2ccc(C)cc2)CC1. The lowest BCUT2D eigenvalue weighted by Crippen LogP contribution is -2.42. The number of ether oxygens (including phenoxy) is 1. The Labute approximate surface area is 143 Å². The molecule has 0 spiro atoms. The molecule has 1 aliphatic heterocycles. The van der Waals surface area contributed by atoms with Crippen LogP contribution in [0.5, 0.6) is 0 Å². The lowest BCUT2D eigenvalue weighted by Gasteiger charge is -2.31. The van der Waals surface area contributed by atoms with Crippen molar-refractivity contribution >= 4 is 17.5 Å². The van der Waals surface area contributed by atoms with E-state index in [1.807, 2.05) is 19.1 Å². The first kappa shape index (κ1) is 18.4. The van der Waals surface area contributed by atoms with Gasteiger partial charge >= 0.3 is 11.8 Å². The highest BCUT2D eigenvalue weighted by Crippen LogP contribution is 2.16. The van der Waals surface area contributed by atoms with E-state index < -0.39 is 11.8 Å². The second-order valence-corrected chi connectivity index (χ2v) is 6.31. The number of nitrogens with zero attached hydrogens (tertiary/aromatic N) is 1. The van der Waals surface area contributed by atoms with Crippen molar-refractivity contribution in [2.45, 2.75) is 19.8 Å². The fourth-order valence-electron chi connectivity index (χ4n) is 2.78. The Morgan fingerprint density at radius 1 is 1.17 bits per heavy atom. The Hall–Kier alpha value is -1.92. The molecule has 1 aromatic rings. The topological polar surface area (TPSA) is 70.7 Å². The maximum atomic E-state index is 11.9. The fourth-order valence-corrected chi connectivity index (χ4v) is 2.78. The minimum atomic E-state index is -0.614. The zero-order valence-electron chi connectivity index (χ0n) is 14.5. The molecule has 6 nitrogen and oxygen atoms in total. The van der Waals surface area contributed by atoms with E-state index in [1.165, 1.54) is 0 Å². The summed E-state index contributed by atoms with van der Waals surface area (Å²) in [6.07, 6.45) is 2.06. The number of anilines is 1. The summed E-state index contributed by atoms with van der Waals surface area (Å²) in [6.45, 7) is 6.26. The second kappa shape index (κ2) is 9.39. The molecule has 1 fully saturated rings. The Morgan fingerprint density at radius 3 is 2.46 bits per heavy atom. The van der Waals surface area contributed by atoms with Crippen molar-refractivity contribution in [2.24, 2.45) is 5.92 Å². The third kappa shape index (κ3) is 5.94. The molecule has 2 amide bonds. The molecule has 1 aliphatic rings. The number of benzene rings is 1. The number of piperidine rings is 1. The van der Waals surface area contributed by atoms with Gasteiger partial charge in [0, 0.05) is 25.9 Å². The quantitative estimate of drug-likeness (QED) is 0.772. The standard InChI is InChI=1S/C18H27N3O3/c1-14-3-5-16(6-4-14)20-18(23)17(22)19-13-15-7-9-21(10-8-15)11-12-24-2/h3-6,15H,7-13H2,1-2H3,(H,19,22)(H,20,23). The fraction of sp³-hybridized carbons (Fsp3) is 0.556. The lowest BCUT2D eigenvalue weighted by atomic mass is 9.97. The van der Waals surface area contributed by atoms with Crippen molar-refractivity contribution in [2.75, 3.05) is 45.2 Å². The van der Waals surface area contributed by atoms with Crippen LogP contribution in [0.4, 0.5) is 5.69 Å². The number of hydrogen-bond acceptors (Lipinski definition) is 4. The van der Waals surface area contributed by atoms with E-state index in [9.17, 15) is 9.59 Å². The molecule has 1 saturated heterocycles. The van der Waals surface area contributed by atoms with E-state index in [2.05, 4.69) is 15.5 Å². The molecule has 6 heteroatoms. The van der Waals surface area contributed by atoms with E-state index in [-0.39, 0.29) is 0 Å². The van der Waals surface area contributed by atoms with Crippen LogP contribution < -0.4 is 10.6 Å². The number of carbonyl (C=O) groups excluding carboxylic acids is 2. The van der Waals surface area contributed by atoms with Crippen molar-refractivity contribution in [3.8, 4) is 0 Å². The van der Waals surface area contributed by atoms with Crippen LogP contribution in [-0.2, 0) is 14.3 Å². The third-order valence-corrected chi connectivity index (χ3v) is 4.39. The van der Waals surface area contributed by atoms with Crippen LogP contribution in [-0.4, -0.2) is 56.6 Å². The number of likely N-dealkylation sites (tertiary alicyclic amines) is 1. The van der Waals surface area contributed by atoms with Crippen LogP contribution in [0, 0.1) is 12.8 Å². The summed E-state index contributed by atoms with van der Waals surface area (Å²) < 4.78 is 5.09. The largest absolute Gasteiger partial charge is 0.383 e. The maximum Gasteiger partial charge on any atom is 0.313 e. The summed E-state index contributed by atoms with van der Waals surface area (Å²) >= 11 is 0. The van der Waals surface area contributed by atoms with E-state index in [0.717, 1.165) is 44.6 Å². The molecule has 0 saturated carbocycles. The first-order valence-corrected chi connectivity index (χ1v) is 8.45. The van der Waals surface area contributed by atoms with Gasteiger partial charge in [0.15, 0.2) is 0 Å². The molecular weight excluding hydrogens is 306 g/mol. The minimum absolute atomic E-state index is 0.430. The Balaban J connectivity index is 1.67. The van der Waals surface area contributed by atoms with Gasteiger partial charge in [-0.1, -0.05) is 17.7 Å². The van der Waals surface area contributed by atoms with Gasteiger partial charge in [-0.15, -0.1) is 0 Å². The molecule has 1 aromatic carbocycles. The smallest absolute Gasteiger partial charge is 0.313 e. The molecule has 0 unspecified atom stereocenters. The van der Waals surface area contributed by atoms with Gasteiger partial charge in [0.2, 0.25) is 0 Å². The summed E-state index contributed by atoms with van der Waals surface area (Å²) in [5, 5.41) is 5.36. The lowest BCUT2D eigenvalue weighted by molar-refractivity contribution is -0.136. The molecule has 24 heavy (non-hydrogen) atoms. The molecule has 0 atom stereocenters. The van der Waals surface area contributed by atoms with E-state index in [4.69, 9.17) is 4.74 Å². The van der Waals surface area contributed by atoms with Crippen LogP contribution >= 0.6 is 0 Å². The molecule has 2 N–H and O–H groups in total. The number of aryl methyl sites for hydroxylation is 1. The van der Waals surface area contributed by atoms with Gasteiger partial charge in [0.25, 0.3) is 0 Å². The van der Waals surface area contributed by atoms with Crippen molar-refractivity contribution in [3.63, 3.8) is 0 Å². The highest BCUT2D eigenvalue weighted by atomic mass is 16.5. The number of rotatable bonds is 6. The zero-order valence-corrected chi connectivity index (χ0v) is 14.5. The molecule has 0 aromatic heterocycles. The number of hydrogen-bond donors (Lipinski definition) is 2. The van der Waals surface area contributed by atoms with Gasteiger partial charge in [0.1, 0.15) is 0 Å². The van der Waals surface area contributed by atoms with Crippen LogP contribution in [0.25, 0.3) is 0 Å². The zero-order chi connectivity index (χ0) is 17.4. The summed E-state index contributed by atoms with van der Waals surface area (Å²) in [5.41, 5.74) is 1.74. The minimum Gasteiger partial charge on any atom is -0.383 e. The summed E-state index contributed by atoms with van der Waals surface area (Å²) in [4.78, 5) is 26.2. The molecular formula is C18H27N3O3. The average Bonchev–Trinajstić information content (AvgIpc) is 2.60.